The topological polar surface area (TPSA) is 12.9 Å². The third kappa shape index (κ3) is 3.11. The highest BCUT2D eigenvalue weighted by Crippen LogP contribution is 2.32. The van der Waals surface area contributed by atoms with Crippen LogP contribution in [0.15, 0.2) is 24.3 Å². The number of thiazole rings is 1. The van der Waals surface area contributed by atoms with Crippen LogP contribution in [0.2, 0.25) is 0 Å². The van der Waals surface area contributed by atoms with E-state index in [1.54, 1.807) is 0 Å². The average molecular weight is 261 g/mol. The molecule has 1 aromatic carbocycles. The fourth-order valence-electron chi connectivity index (χ4n) is 2.30. The van der Waals surface area contributed by atoms with Crippen LogP contribution in [-0.4, -0.2) is 4.98 Å². The Morgan fingerprint density at radius 1 is 1.17 bits per heavy atom. The highest BCUT2D eigenvalue weighted by atomic mass is 32.1. The van der Waals surface area contributed by atoms with Crippen molar-refractivity contribution < 1.29 is 0 Å². The van der Waals surface area contributed by atoms with Crippen LogP contribution in [0.3, 0.4) is 0 Å². The number of fused-ring (bicyclic) bond motifs is 1. The summed E-state index contributed by atoms with van der Waals surface area (Å²) >= 11 is 1.85. The molecule has 98 valence electrons. The predicted molar refractivity (Wildman–Crippen MR) is 81.2 cm³/mol. The Morgan fingerprint density at radius 2 is 1.89 bits per heavy atom. The Balaban J connectivity index is 1.94. The minimum Gasteiger partial charge on any atom is -0.241 e. The summed E-state index contributed by atoms with van der Waals surface area (Å²) in [6.45, 7) is 7.02. The number of aryl methyl sites for hydroxylation is 1. The van der Waals surface area contributed by atoms with E-state index >= 15 is 0 Å². The summed E-state index contributed by atoms with van der Waals surface area (Å²) in [5, 5.41) is 1.30. The number of nitrogens with zero attached hydrogens (tertiary/aromatic N) is 1. The van der Waals surface area contributed by atoms with Gasteiger partial charge in [0.25, 0.3) is 0 Å². The maximum Gasteiger partial charge on any atom is 0.0938 e. The fraction of sp³-hybridized carbons (Fsp3) is 0.562. The first-order chi connectivity index (χ1) is 8.67. The van der Waals surface area contributed by atoms with E-state index in [0.29, 0.717) is 5.41 Å². The molecule has 1 aromatic heterocycles. The van der Waals surface area contributed by atoms with Crippen molar-refractivity contribution in [3.63, 3.8) is 0 Å². The SMILES string of the molecule is CCC(C)(CC)CCCc1nc2ccccc2s1. The van der Waals surface area contributed by atoms with Gasteiger partial charge in [-0.05, 0) is 36.8 Å². The van der Waals surface area contributed by atoms with Gasteiger partial charge in [-0.3, -0.25) is 0 Å². The van der Waals surface area contributed by atoms with Gasteiger partial charge in [0.1, 0.15) is 0 Å². The average Bonchev–Trinajstić information content (AvgIpc) is 2.81. The third-order valence-electron chi connectivity index (χ3n) is 4.22. The monoisotopic (exact) mass is 261 g/mol. The first-order valence-corrected chi connectivity index (χ1v) is 7.83. The smallest absolute Gasteiger partial charge is 0.0938 e. The van der Waals surface area contributed by atoms with Crippen LogP contribution in [0.25, 0.3) is 10.2 Å². The number of hydrogen-bond acceptors (Lipinski definition) is 2. The van der Waals surface area contributed by atoms with Crippen molar-refractivity contribution in [3.05, 3.63) is 29.3 Å². The molecule has 1 heterocycles. The molecule has 2 rings (SSSR count). The van der Waals surface area contributed by atoms with E-state index in [-0.39, 0.29) is 0 Å². The van der Waals surface area contributed by atoms with Gasteiger partial charge in [-0.25, -0.2) is 4.98 Å². The highest BCUT2D eigenvalue weighted by molar-refractivity contribution is 7.18. The van der Waals surface area contributed by atoms with Gasteiger partial charge in [-0.15, -0.1) is 11.3 Å². The lowest BCUT2D eigenvalue weighted by Crippen LogP contribution is -2.13. The normalized spacial score (nSPS) is 12.2. The molecule has 0 aliphatic heterocycles. The minimum absolute atomic E-state index is 0.524. The second kappa shape index (κ2) is 5.83. The summed E-state index contributed by atoms with van der Waals surface area (Å²) in [6, 6.07) is 8.43. The van der Waals surface area contributed by atoms with Crippen molar-refractivity contribution in [2.75, 3.05) is 0 Å². The van der Waals surface area contributed by atoms with Crippen LogP contribution in [-0.2, 0) is 6.42 Å². The number of aromatic nitrogens is 1. The van der Waals surface area contributed by atoms with Gasteiger partial charge in [0.15, 0.2) is 0 Å². The molecule has 0 bridgehead atoms. The van der Waals surface area contributed by atoms with E-state index in [1.807, 2.05) is 11.3 Å². The molecule has 0 radical (unpaired) electrons. The molecule has 0 N–H and O–H groups in total. The first-order valence-electron chi connectivity index (χ1n) is 7.01. The third-order valence-corrected chi connectivity index (χ3v) is 5.31. The lowest BCUT2D eigenvalue weighted by Gasteiger charge is -2.26. The van der Waals surface area contributed by atoms with Crippen molar-refractivity contribution in [2.24, 2.45) is 5.41 Å². The largest absolute Gasteiger partial charge is 0.241 e. The molecule has 2 aromatic rings. The maximum atomic E-state index is 4.70. The number of hydrogen-bond donors (Lipinski definition) is 0. The van der Waals surface area contributed by atoms with Gasteiger partial charge < -0.3 is 0 Å². The van der Waals surface area contributed by atoms with Crippen LogP contribution >= 0.6 is 11.3 Å². The molecular formula is C16H23NS. The van der Waals surface area contributed by atoms with Crippen molar-refractivity contribution >= 4 is 21.6 Å². The van der Waals surface area contributed by atoms with Crippen LogP contribution in [0.5, 0.6) is 0 Å². The fourth-order valence-corrected chi connectivity index (χ4v) is 3.31. The van der Waals surface area contributed by atoms with Gasteiger partial charge in [-0.1, -0.05) is 45.7 Å². The molecule has 0 aliphatic carbocycles. The Labute approximate surface area is 114 Å². The lowest BCUT2D eigenvalue weighted by molar-refractivity contribution is 0.266. The van der Waals surface area contributed by atoms with E-state index in [4.69, 9.17) is 4.98 Å². The molecule has 1 nitrogen and oxygen atoms in total. The Morgan fingerprint density at radius 3 is 2.56 bits per heavy atom. The van der Waals surface area contributed by atoms with E-state index in [2.05, 4.69) is 45.0 Å². The van der Waals surface area contributed by atoms with E-state index < -0.39 is 0 Å². The van der Waals surface area contributed by atoms with Crippen LogP contribution in [0, 0.1) is 5.41 Å². The summed E-state index contributed by atoms with van der Waals surface area (Å²) in [5.74, 6) is 0. The molecule has 0 aliphatic rings. The number of rotatable bonds is 6. The summed E-state index contributed by atoms with van der Waals surface area (Å²) < 4.78 is 1.32. The summed E-state index contributed by atoms with van der Waals surface area (Å²) in [6.07, 6.45) is 6.27. The summed E-state index contributed by atoms with van der Waals surface area (Å²) in [5.41, 5.74) is 1.68. The molecule has 0 atom stereocenters. The molecule has 0 amide bonds. The Kier molecular flexibility index (Phi) is 4.39. The molecule has 0 fully saturated rings. The summed E-state index contributed by atoms with van der Waals surface area (Å²) in [7, 11) is 0. The van der Waals surface area contributed by atoms with Gasteiger partial charge in [0.05, 0.1) is 15.2 Å². The maximum absolute atomic E-state index is 4.70. The Hall–Kier alpha value is -0.890. The molecule has 2 heteroatoms. The van der Waals surface area contributed by atoms with Gasteiger partial charge in [0.2, 0.25) is 0 Å². The number of benzene rings is 1. The van der Waals surface area contributed by atoms with Crippen LogP contribution in [0.1, 0.15) is 51.5 Å². The van der Waals surface area contributed by atoms with E-state index in [1.165, 1.54) is 35.4 Å². The zero-order valence-electron chi connectivity index (χ0n) is 11.7. The zero-order chi connectivity index (χ0) is 13.0. The first kappa shape index (κ1) is 13.5. The van der Waals surface area contributed by atoms with Crippen molar-refractivity contribution in [1.29, 1.82) is 0 Å². The molecule has 0 saturated heterocycles. The Bertz CT molecular complexity index is 464. The van der Waals surface area contributed by atoms with Crippen molar-refractivity contribution in [3.8, 4) is 0 Å². The quantitative estimate of drug-likeness (QED) is 0.674. The second-order valence-corrected chi connectivity index (χ2v) is 6.56. The molecule has 0 saturated carbocycles. The van der Waals surface area contributed by atoms with Crippen LogP contribution < -0.4 is 0 Å². The van der Waals surface area contributed by atoms with Crippen LogP contribution in [0.4, 0.5) is 0 Å². The number of para-hydroxylation sites is 1. The van der Waals surface area contributed by atoms with E-state index in [9.17, 15) is 0 Å². The lowest BCUT2D eigenvalue weighted by atomic mass is 9.80. The van der Waals surface area contributed by atoms with E-state index in [0.717, 1.165) is 11.9 Å². The highest BCUT2D eigenvalue weighted by Gasteiger charge is 2.18. The second-order valence-electron chi connectivity index (χ2n) is 5.45. The molecular weight excluding hydrogens is 238 g/mol. The summed E-state index contributed by atoms with van der Waals surface area (Å²) in [4.78, 5) is 4.70. The van der Waals surface area contributed by atoms with Crippen molar-refractivity contribution in [1.82, 2.24) is 4.98 Å². The molecule has 0 unspecified atom stereocenters. The predicted octanol–water partition coefficient (Wildman–Crippen LogP) is 5.45. The molecule has 0 spiro atoms. The van der Waals surface area contributed by atoms with Gasteiger partial charge >= 0.3 is 0 Å². The molecule has 18 heavy (non-hydrogen) atoms. The van der Waals surface area contributed by atoms with Gasteiger partial charge in [0, 0.05) is 0 Å². The zero-order valence-corrected chi connectivity index (χ0v) is 12.5. The standard InChI is InChI=1S/C16H23NS/c1-4-16(3,5-2)12-8-11-15-17-13-9-6-7-10-14(13)18-15/h6-7,9-10H,4-5,8,11-12H2,1-3H3. The van der Waals surface area contributed by atoms with Crippen molar-refractivity contribution in [2.45, 2.75) is 52.9 Å². The minimum atomic E-state index is 0.524. The van der Waals surface area contributed by atoms with Gasteiger partial charge in [-0.2, -0.15) is 0 Å².